The lowest BCUT2D eigenvalue weighted by Gasteiger charge is -2.26. The van der Waals surface area contributed by atoms with Gasteiger partial charge < -0.3 is 26.1 Å². The predicted octanol–water partition coefficient (Wildman–Crippen LogP) is 3.79. The van der Waals surface area contributed by atoms with E-state index in [-0.39, 0.29) is 13.0 Å². The monoisotopic (exact) mass is 540 g/mol. The van der Waals surface area contributed by atoms with Crippen molar-refractivity contribution < 1.29 is 19.1 Å². The van der Waals surface area contributed by atoms with E-state index in [9.17, 15) is 14.4 Å². The van der Waals surface area contributed by atoms with Crippen LogP contribution in [0, 0.1) is 0 Å². The average molecular weight is 541 g/mol. The molecule has 0 radical (unpaired) electrons. The van der Waals surface area contributed by atoms with Gasteiger partial charge in [0.25, 0.3) is 0 Å². The standard InChI is InChI=1S/C32H36N4O4/c1-32(2,33)31(39)36-28(19-24-20-34-26-16-10-9-15-25(24)26)29(37)35-27(18-17-22-11-5-3-6-12-22)30(38)40-21-23-13-7-4-8-14-23/h3-16,20,27-28,34H,17-19,21,33H2,1-2H3,(H,35,37)(H,36,39)/t27-,28+/m0/s1. The summed E-state index contributed by atoms with van der Waals surface area (Å²) in [5.74, 6) is -1.50. The molecule has 0 aliphatic carbocycles. The number of ether oxygens (including phenoxy) is 1. The summed E-state index contributed by atoms with van der Waals surface area (Å²) in [6, 6.07) is 24.9. The number of carbonyl (C=O) groups is 3. The number of carbonyl (C=O) groups excluding carboxylic acids is 3. The number of hydrogen-bond donors (Lipinski definition) is 4. The molecule has 2 amide bonds. The Labute approximate surface area is 234 Å². The van der Waals surface area contributed by atoms with E-state index in [0.717, 1.165) is 27.6 Å². The van der Waals surface area contributed by atoms with Crippen molar-refractivity contribution in [3.05, 3.63) is 108 Å². The molecule has 0 spiro atoms. The average Bonchev–Trinajstić information content (AvgIpc) is 3.36. The molecule has 4 rings (SSSR count). The molecule has 0 aliphatic rings. The molecule has 1 heterocycles. The van der Waals surface area contributed by atoms with Gasteiger partial charge in [-0.05, 0) is 49.4 Å². The molecule has 2 atom stereocenters. The Morgan fingerprint density at radius 3 is 2.15 bits per heavy atom. The van der Waals surface area contributed by atoms with Gasteiger partial charge in [-0.3, -0.25) is 9.59 Å². The number of nitrogens with one attached hydrogen (secondary N) is 3. The van der Waals surface area contributed by atoms with Crippen LogP contribution in [0.15, 0.2) is 91.1 Å². The molecule has 1 aromatic heterocycles. The van der Waals surface area contributed by atoms with Crippen LogP contribution in [0.2, 0.25) is 0 Å². The number of aromatic nitrogens is 1. The molecule has 5 N–H and O–H groups in total. The number of hydrogen-bond acceptors (Lipinski definition) is 5. The Morgan fingerprint density at radius 1 is 0.850 bits per heavy atom. The van der Waals surface area contributed by atoms with Crippen molar-refractivity contribution in [2.24, 2.45) is 5.73 Å². The number of rotatable bonds is 12. The molecular formula is C32H36N4O4. The van der Waals surface area contributed by atoms with E-state index in [4.69, 9.17) is 10.5 Å². The number of fused-ring (bicyclic) bond motifs is 1. The maximum absolute atomic E-state index is 13.7. The van der Waals surface area contributed by atoms with Gasteiger partial charge in [0.2, 0.25) is 11.8 Å². The van der Waals surface area contributed by atoms with Gasteiger partial charge in [-0.1, -0.05) is 78.9 Å². The molecule has 0 fully saturated rings. The highest BCUT2D eigenvalue weighted by Crippen LogP contribution is 2.20. The van der Waals surface area contributed by atoms with Gasteiger partial charge in [0.1, 0.15) is 18.7 Å². The largest absolute Gasteiger partial charge is 0.459 e. The summed E-state index contributed by atoms with van der Waals surface area (Å²) >= 11 is 0. The maximum atomic E-state index is 13.7. The van der Waals surface area contributed by atoms with E-state index < -0.39 is 35.4 Å². The Balaban J connectivity index is 1.53. The topological polar surface area (TPSA) is 126 Å². The van der Waals surface area contributed by atoms with Crippen molar-refractivity contribution in [1.82, 2.24) is 15.6 Å². The van der Waals surface area contributed by atoms with Crippen molar-refractivity contribution in [1.29, 1.82) is 0 Å². The number of amides is 2. The van der Waals surface area contributed by atoms with Crippen LogP contribution >= 0.6 is 0 Å². The molecule has 208 valence electrons. The summed E-state index contributed by atoms with van der Waals surface area (Å²) < 4.78 is 5.59. The number of esters is 1. The molecule has 0 unspecified atom stereocenters. The van der Waals surface area contributed by atoms with Crippen LogP contribution < -0.4 is 16.4 Å². The Bertz CT molecular complexity index is 1430. The molecule has 40 heavy (non-hydrogen) atoms. The first-order valence-electron chi connectivity index (χ1n) is 13.4. The fraction of sp³-hybridized carbons (Fsp3) is 0.281. The third-order valence-corrected chi connectivity index (χ3v) is 6.70. The molecule has 8 nitrogen and oxygen atoms in total. The minimum absolute atomic E-state index is 0.0915. The van der Waals surface area contributed by atoms with Crippen LogP contribution in [-0.4, -0.2) is 40.4 Å². The smallest absolute Gasteiger partial charge is 0.328 e. The Hall–Kier alpha value is -4.43. The van der Waals surface area contributed by atoms with Crippen LogP contribution in [0.25, 0.3) is 10.9 Å². The molecule has 0 saturated carbocycles. The summed E-state index contributed by atoms with van der Waals surface area (Å²) in [6.07, 6.45) is 2.93. The van der Waals surface area contributed by atoms with Gasteiger partial charge in [-0.25, -0.2) is 4.79 Å². The van der Waals surface area contributed by atoms with Crippen LogP contribution in [0.5, 0.6) is 0 Å². The number of nitrogens with two attached hydrogens (primary N) is 1. The first-order valence-corrected chi connectivity index (χ1v) is 13.4. The minimum atomic E-state index is -1.19. The zero-order valence-corrected chi connectivity index (χ0v) is 22.9. The number of benzene rings is 3. The number of H-pyrrole nitrogens is 1. The fourth-order valence-electron chi connectivity index (χ4n) is 4.38. The predicted molar refractivity (Wildman–Crippen MR) is 155 cm³/mol. The van der Waals surface area contributed by atoms with Crippen LogP contribution in [0.1, 0.15) is 37.0 Å². The number of aryl methyl sites for hydroxylation is 1. The third-order valence-electron chi connectivity index (χ3n) is 6.70. The minimum Gasteiger partial charge on any atom is -0.459 e. The summed E-state index contributed by atoms with van der Waals surface area (Å²) in [6.45, 7) is 3.24. The van der Waals surface area contributed by atoms with Crippen LogP contribution in [0.4, 0.5) is 0 Å². The van der Waals surface area contributed by atoms with E-state index in [1.807, 2.05) is 91.1 Å². The highest BCUT2D eigenvalue weighted by Gasteiger charge is 2.31. The summed E-state index contributed by atoms with van der Waals surface area (Å²) in [7, 11) is 0. The number of aromatic amines is 1. The second-order valence-electron chi connectivity index (χ2n) is 10.5. The van der Waals surface area contributed by atoms with Gasteiger partial charge in [0, 0.05) is 23.5 Å². The molecule has 3 aromatic carbocycles. The fourth-order valence-corrected chi connectivity index (χ4v) is 4.38. The number of para-hydroxylation sites is 1. The second kappa shape index (κ2) is 13.1. The van der Waals surface area contributed by atoms with Crippen molar-refractivity contribution in [2.45, 2.75) is 57.3 Å². The molecular weight excluding hydrogens is 504 g/mol. The van der Waals surface area contributed by atoms with Crippen molar-refractivity contribution in [3.8, 4) is 0 Å². The normalized spacial score (nSPS) is 12.9. The lowest BCUT2D eigenvalue weighted by atomic mass is 10.0. The first kappa shape index (κ1) is 28.6. The van der Waals surface area contributed by atoms with Gasteiger partial charge in [0.05, 0.1) is 5.54 Å². The Kier molecular flexibility index (Phi) is 9.35. The quantitative estimate of drug-likeness (QED) is 0.203. The van der Waals surface area contributed by atoms with Gasteiger partial charge >= 0.3 is 5.97 Å². The third kappa shape index (κ3) is 7.80. The molecule has 4 aromatic rings. The zero-order chi connectivity index (χ0) is 28.5. The van der Waals surface area contributed by atoms with Gasteiger partial charge in [-0.2, -0.15) is 0 Å². The van der Waals surface area contributed by atoms with Crippen molar-refractivity contribution in [2.75, 3.05) is 0 Å². The second-order valence-corrected chi connectivity index (χ2v) is 10.5. The lowest BCUT2D eigenvalue weighted by Crippen LogP contribution is -2.58. The summed E-state index contributed by atoms with van der Waals surface area (Å²) in [5.41, 5.74) is 8.49. The van der Waals surface area contributed by atoms with Crippen molar-refractivity contribution >= 4 is 28.7 Å². The van der Waals surface area contributed by atoms with E-state index in [2.05, 4.69) is 15.6 Å². The van der Waals surface area contributed by atoms with Crippen molar-refractivity contribution in [3.63, 3.8) is 0 Å². The van der Waals surface area contributed by atoms with Gasteiger partial charge in [-0.15, -0.1) is 0 Å². The highest BCUT2D eigenvalue weighted by molar-refractivity contribution is 5.94. The zero-order valence-electron chi connectivity index (χ0n) is 22.9. The van der Waals surface area contributed by atoms with E-state index in [1.165, 1.54) is 0 Å². The maximum Gasteiger partial charge on any atom is 0.328 e. The van der Waals surface area contributed by atoms with E-state index in [0.29, 0.717) is 12.8 Å². The highest BCUT2D eigenvalue weighted by atomic mass is 16.5. The van der Waals surface area contributed by atoms with Gasteiger partial charge in [0.15, 0.2) is 0 Å². The molecule has 0 bridgehead atoms. The molecule has 8 heteroatoms. The molecule has 0 saturated heterocycles. The van der Waals surface area contributed by atoms with Crippen LogP contribution in [-0.2, 0) is 38.6 Å². The molecule has 0 aliphatic heterocycles. The SMILES string of the molecule is CC(C)(N)C(=O)N[C@H](Cc1c[nH]c2ccccc12)C(=O)N[C@@H](CCc1ccccc1)C(=O)OCc1ccccc1. The van der Waals surface area contributed by atoms with E-state index >= 15 is 0 Å². The van der Waals surface area contributed by atoms with Crippen LogP contribution in [0.3, 0.4) is 0 Å². The summed E-state index contributed by atoms with van der Waals surface area (Å²) in [4.78, 5) is 43.0. The first-order chi connectivity index (χ1) is 19.2. The summed E-state index contributed by atoms with van der Waals surface area (Å²) in [5, 5.41) is 6.60. The van der Waals surface area contributed by atoms with E-state index in [1.54, 1.807) is 13.8 Å². The lowest BCUT2D eigenvalue weighted by molar-refractivity contribution is -0.149. The Morgan fingerprint density at radius 2 is 1.48 bits per heavy atom.